The van der Waals surface area contributed by atoms with Crippen molar-refractivity contribution in [3.8, 4) is 17.2 Å². The molecule has 3 rings (SSSR count). The highest BCUT2D eigenvalue weighted by atomic mass is 79.9. The number of hydrogen-bond acceptors (Lipinski definition) is 7. The monoisotopic (exact) mass is 709 g/mol. The number of amides is 2. The Labute approximate surface area is 272 Å². The molecule has 0 aliphatic heterocycles. The third-order valence-electron chi connectivity index (χ3n) is 7.04. The maximum Gasteiger partial charge on any atom is 0.265 e. The number of nitrogens with one attached hydrogen (secondary N) is 1. The highest BCUT2D eigenvalue weighted by Gasteiger charge is 2.34. The molecule has 44 heavy (non-hydrogen) atoms. The van der Waals surface area contributed by atoms with Gasteiger partial charge in [0.15, 0.2) is 11.5 Å². The molecule has 3 aromatic carbocycles. The van der Waals surface area contributed by atoms with E-state index in [1.807, 2.05) is 38.1 Å². The van der Waals surface area contributed by atoms with Crippen LogP contribution in [0.5, 0.6) is 17.2 Å². The second kappa shape index (κ2) is 15.5. The van der Waals surface area contributed by atoms with Crippen LogP contribution in [-0.4, -0.2) is 65.1 Å². The van der Waals surface area contributed by atoms with Gasteiger partial charge in [0.1, 0.15) is 18.3 Å². The number of nitrogens with zero attached hydrogens (tertiary/aromatic N) is 2. The summed E-state index contributed by atoms with van der Waals surface area (Å²) in [5.74, 6) is -0.298. The van der Waals surface area contributed by atoms with Crippen molar-refractivity contribution in [2.24, 2.45) is 0 Å². The minimum atomic E-state index is -4.43. The van der Waals surface area contributed by atoms with E-state index in [2.05, 4.69) is 21.2 Å². The van der Waals surface area contributed by atoms with Crippen molar-refractivity contribution in [2.75, 3.05) is 32.2 Å². The van der Waals surface area contributed by atoms with E-state index in [0.717, 1.165) is 14.3 Å². The molecular formula is C31H37BrClN3O7S. The summed E-state index contributed by atoms with van der Waals surface area (Å²) in [6.07, 6.45) is 0.698. The first-order valence-electron chi connectivity index (χ1n) is 13.8. The first kappa shape index (κ1) is 35.0. The first-order valence-corrected chi connectivity index (χ1v) is 16.4. The quantitative estimate of drug-likeness (QED) is 0.230. The van der Waals surface area contributed by atoms with E-state index in [1.165, 1.54) is 56.6 Å². The van der Waals surface area contributed by atoms with Crippen molar-refractivity contribution in [2.45, 2.75) is 50.7 Å². The number of hydrogen-bond donors (Lipinski definition) is 1. The third kappa shape index (κ3) is 8.36. The van der Waals surface area contributed by atoms with Crippen molar-refractivity contribution in [3.05, 3.63) is 75.7 Å². The molecule has 0 fully saturated rings. The molecule has 0 aliphatic carbocycles. The number of methoxy groups -OCH3 is 3. The maximum absolute atomic E-state index is 14.3. The lowest BCUT2D eigenvalue weighted by Crippen LogP contribution is -2.52. The number of halogens is 2. The van der Waals surface area contributed by atoms with Crippen LogP contribution in [0, 0.1) is 0 Å². The van der Waals surface area contributed by atoms with Crippen molar-refractivity contribution < 1.29 is 32.2 Å². The van der Waals surface area contributed by atoms with E-state index in [0.29, 0.717) is 12.2 Å². The summed E-state index contributed by atoms with van der Waals surface area (Å²) in [5, 5.41) is 3.14. The fraction of sp³-hybridized carbons (Fsp3) is 0.355. The summed E-state index contributed by atoms with van der Waals surface area (Å²) in [5.41, 5.74) is 0.785. The minimum Gasteiger partial charge on any atom is -0.495 e. The Morgan fingerprint density at radius 2 is 1.59 bits per heavy atom. The summed E-state index contributed by atoms with van der Waals surface area (Å²) in [6, 6.07) is 14.9. The molecular weight excluding hydrogens is 674 g/mol. The predicted octanol–water partition coefficient (Wildman–Crippen LogP) is 5.66. The largest absolute Gasteiger partial charge is 0.495 e. The van der Waals surface area contributed by atoms with E-state index in [-0.39, 0.29) is 45.6 Å². The smallest absolute Gasteiger partial charge is 0.265 e. The van der Waals surface area contributed by atoms with E-state index in [1.54, 1.807) is 13.0 Å². The average molecular weight is 711 g/mol. The molecule has 3 aromatic rings. The SMILES string of the molecule is CC[C@@H](C)NC(=O)[C@H](C)N(Cc1cccc(Br)c1)C(=O)CN(c1cc(Cl)ccc1OC)S(=O)(=O)c1ccc(OC)c(OC)c1. The summed E-state index contributed by atoms with van der Waals surface area (Å²) < 4.78 is 46.4. The van der Waals surface area contributed by atoms with Crippen LogP contribution in [0.4, 0.5) is 5.69 Å². The zero-order valence-corrected chi connectivity index (χ0v) is 28.6. The molecule has 2 amide bonds. The third-order valence-corrected chi connectivity index (χ3v) is 9.53. The fourth-order valence-electron chi connectivity index (χ4n) is 4.36. The predicted molar refractivity (Wildman–Crippen MR) is 174 cm³/mol. The highest BCUT2D eigenvalue weighted by molar-refractivity contribution is 9.10. The minimum absolute atomic E-state index is 0.0438. The van der Waals surface area contributed by atoms with Gasteiger partial charge in [-0.2, -0.15) is 0 Å². The fourth-order valence-corrected chi connectivity index (χ4v) is 6.40. The summed E-state index contributed by atoms with van der Waals surface area (Å²) in [6.45, 7) is 4.80. The molecule has 0 bridgehead atoms. The van der Waals surface area contributed by atoms with Crippen LogP contribution in [0.2, 0.25) is 5.02 Å². The number of rotatable bonds is 14. The lowest BCUT2D eigenvalue weighted by atomic mass is 10.1. The lowest BCUT2D eigenvalue weighted by Gasteiger charge is -2.33. The van der Waals surface area contributed by atoms with E-state index in [9.17, 15) is 18.0 Å². The lowest BCUT2D eigenvalue weighted by molar-refractivity contribution is -0.139. The number of carbonyl (C=O) groups is 2. The summed E-state index contributed by atoms with van der Waals surface area (Å²) >= 11 is 9.76. The van der Waals surface area contributed by atoms with Gasteiger partial charge in [-0.05, 0) is 68.3 Å². The number of anilines is 1. The van der Waals surface area contributed by atoms with Gasteiger partial charge in [-0.3, -0.25) is 13.9 Å². The topological polar surface area (TPSA) is 114 Å². The van der Waals surface area contributed by atoms with Crippen molar-refractivity contribution in [1.29, 1.82) is 0 Å². The molecule has 10 nitrogen and oxygen atoms in total. The molecule has 2 atom stereocenters. The molecule has 1 N–H and O–H groups in total. The maximum atomic E-state index is 14.3. The van der Waals surface area contributed by atoms with Crippen LogP contribution in [0.25, 0.3) is 0 Å². The van der Waals surface area contributed by atoms with E-state index in [4.69, 9.17) is 25.8 Å². The number of sulfonamides is 1. The molecule has 0 unspecified atom stereocenters. The zero-order chi connectivity index (χ0) is 32.6. The Bertz CT molecular complexity index is 1590. The van der Waals surface area contributed by atoms with Crippen molar-refractivity contribution in [3.63, 3.8) is 0 Å². The second-order valence-electron chi connectivity index (χ2n) is 9.99. The Morgan fingerprint density at radius 1 is 0.932 bits per heavy atom. The number of ether oxygens (including phenoxy) is 3. The average Bonchev–Trinajstić information content (AvgIpc) is 3.01. The van der Waals surface area contributed by atoms with E-state index >= 15 is 0 Å². The molecule has 13 heteroatoms. The zero-order valence-electron chi connectivity index (χ0n) is 25.5. The van der Waals surface area contributed by atoms with Crippen molar-refractivity contribution >= 4 is 55.1 Å². The van der Waals surface area contributed by atoms with Gasteiger partial charge in [-0.1, -0.05) is 46.6 Å². The molecule has 0 aliphatic rings. The second-order valence-corrected chi connectivity index (χ2v) is 13.2. The molecule has 238 valence electrons. The van der Waals surface area contributed by atoms with Gasteiger partial charge >= 0.3 is 0 Å². The normalized spacial score (nSPS) is 12.5. The standard InChI is InChI=1S/C31H37BrClN3O7S/c1-7-20(2)34-31(38)21(3)35(18-22-9-8-10-23(32)15-22)30(37)19-36(26-16-24(33)11-13-27(26)41-4)44(39,40)25-12-14-28(42-5)29(17-25)43-6/h8-17,20-21H,7,18-19H2,1-6H3,(H,34,38)/t20-,21+/m1/s1. The van der Waals surface area contributed by atoms with Crippen LogP contribution < -0.4 is 23.8 Å². The Balaban J connectivity index is 2.15. The van der Waals surface area contributed by atoms with Crippen LogP contribution in [0.15, 0.2) is 70.0 Å². The Hall–Kier alpha value is -3.48. The molecule has 0 radical (unpaired) electrons. The first-order chi connectivity index (χ1) is 20.9. The Kier molecular flexibility index (Phi) is 12.3. The Morgan fingerprint density at radius 3 is 2.20 bits per heavy atom. The molecule has 0 aromatic heterocycles. The van der Waals surface area contributed by atoms with Crippen LogP contribution >= 0.6 is 27.5 Å². The summed E-state index contributed by atoms with van der Waals surface area (Å²) in [7, 11) is -0.222. The molecule has 0 saturated carbocycles. The summed E-state index contributed by atoms with van der Waals surface area (Å²) in [4.78, 5) is 28.7. The van der Waals surface area contributed by atoms with Gasteiger partial charge in [0.05, 0.1) is 31.9 Å². The van der Waals surface area contributed by atoms with Crippen LogP contribution in [0.3, 0.4) is 0 Å². The highest BCUT2D eigenvalue weighted by Crippen LogP contribution is 2.37. The van der Waals surface area contributed by atoms with Gasteiger partial charge in [-0.15, -0.1) is 0 Å². The van der Waals surface area contributed by atoms with E-state index < -0.39 is 28.5 Å². The van der Waals surface area contributed by atoms with Gasteiger partial charge in [0.2, 0.25) is 11.8 Å². The van der Waals surface area contributed by atoms with Gasteiger partial charge < -0.3 is 24.4 Å². The molecule has 0 spiro atoms. The van der Waals surface area contributed by atoms with Gasteiger partial charge in [0.25, 0.3) is 10.0 Å². The number of benzene rings is 3. The van der Waals surface area contributed by atoms with Gasteiger partial charge in [-0.25, -0.2) is 8.42 Å². The van der Waals surface area contributed by atoms with Gasteiger partial charge in [0, 0.05) is 28.1 Å². The van der Waals surface area contributed by atoms with Crippen molar-refractivity contribution in [1.82, 2.24) is 10.2 Å². The molecule has 0 heterocycles. The van der Waals surface area contributed by atoms with Crippen LogP contribution in [0.1, 0.15) is 32.8 Å². The number of carbonyl (C=O) groups excluding carboxylic acids is 2. The van der Waals surface area contributed by atoms with Crippen LogP contribution in [-0.2, 0) is 26.2 Å². The molecule has 0 saturated heterocycles.